The minimum absolute atomic E-state index is 0.519. The number of rotatable bonds is 5. The molecule has 1 aliphatic carbocycles. The summed E-state index contributed by atoms with van der Waals surface area (Å²) in [5.41, 5.74) is 1.37. The van der Waals surface area contributed by atoms with Crippen molar-refractivity contribution in [2.45, 2.75) is 50.7 Å². The van der Waals surface area contributed by atoms with Crippen molar-refractivity contribution in [1.82, 2.24) is 14.9 Å². The first-order valence-electron chi connectivity index (χ1n) is 7.26. The standard InChI is InChI=1S/C14H23N3O/c1-2-4-13(3-1)18-8-7-17-11-16-10-14(17)12-5-6-15-9-12/h10-13,15H,1-9H2. The van der Waals surface area contributed by atoms with Crippen molar-refractivity contribution in [3.63, 3.8) is 0 Å². The number of hydrogen-bond acceptors (Lipinski definition) is 3. The van der Waals surface area contributed by atoms with Gasteiger partial charge in [-0.15, -0.1) is 0 Å². The molecule has 0 radical (unpaired) electrons. The average Bonchev–Trinajstić information content (AvgIpc) is 3.12. The first kappa shape index (κ1) is 12.2. The highest BCUT2D eigenvalue weighted by molar-refractivity contribution is 5.09. The highest BCUT2D eigenvalue weighted by atomic mass is 16.5. The summed E-state index contributed by atoms with van der Waals surface area (Å²) in [4.78, 5) is 4.30. The molecule has 1 aromatic rings. The van der Waals surface area contributed by atoms with Crippen molar-refractivity contribution in [1.29, 1.82) is 0 Å². The van der Waals surface area contributed by atoms with Crippen LogP contribution in [0.4, 0.5) is 0 Å². The first-order chi connectivity index (χ1) is 8.93. The van der Waals surface area contributed by atoms with Crippen LogP contribution in [0, 0.1) is 0 Å². The molecule has 100 valence electrons. The second-order valence-corrected chi connectivity index (χ2v) is 5.48. The Morgan fingerprint density at radius 3 is 3.00 bits per heavy atom. The van der Waals surface area contributed by atoms with Gasteiger partial charge in [-0.05, 0) is 25.8 Å². The highest BCUT2D eigenvalue weighted by Gasteiger charge is 2.20. The van der Waals surface area contributed by atoms with Gasteiger partial charge < -0.3 is 14.6 Å². The van der Waals surface area contributed by atoms with Gasteiger partial charge in [0.05, 0.1) is 19.0 Å². The molecule has 1 N–H and O–H groups in total. The van der Waals surface area contributed by atoms with Crippen LogP contribution < -0.4 is 5.32 Å². The quantitative estimate of drug-likeness (QED) is 0.866. The Kier molecular flexibility index (Phi) is 3.96. The van der Waals surface area contributed by atoms with E-state index in [1.165, 1.54) is 37.8 Å². The molecule has 1 atom stereocenters. The molecule has 1 unspecified atom stereocenters. The van der Waals surface area contributed by atoms with E-state index < -0.39 is 0 Å². The number of nitrogens with zero attached hydrogens (tertiary/aromatic N) is 2. The predicted molar refractivity (Wildman–Crippen MR) is 70.7 cm³/mol. The van der Waals surface area contributed by atoms with Crippen molar-refractivity contribution in [3.05, 3.63) is 18.2 Å². The molecule has 0 amide bonds. The zero-order valence-electron chi connectivity index (χ0n) is 11.0. The fourth-order valence-corrected chi connectivity index (χ4v) is 3.14. The lowest BCUT2D eigenvalue weighted by Gasteiger charge is -2.15. The molecule has 4 heteroatoms. The van der Waals surface area contributed by atoms with Crippen LogP contribution in [0.5, 0.6) is 0 Å². The lowest BCUT2D eigenvalue weighted by Crippen LogP contribution is -2.16. The molecule has 0 spiro atoms. The zero-order valence-corrected chi connectivity index (χ0v) is 11.0. The molecule has 0 bridgehead atoms. The van der Waals surface area contributed by atoms with Crippen LogP contribution in [0.3, 0.4) is 0 Å². The summed E-state index contributed by atoms with van der Waals surface area (Å²) in [5.74, 6) is 0.638. The van der Waals surface area contributed by atoms with Crippen molar-refractivity contribution < 1.29 is 4.74 Å². The van der Waals surface area contributed by atoms with Crippen molar-refractivity contribution >= 4 is 0 Å². The van der Waals surface area contributed by atoms with Crippen LogP contribution in [0.25, 0.3) is 0 Å². The Hall–Kier alpha value is -0.870. The van der Waals surface area contributed by atoms with Gasteiger partial charge in [-0.3, -0.25) is 0 Å². The monoisotopic (exact) mass is 249 g/mol. The van der Waals surface area contributed by atoms with E-state index in [2.05, 4.69) is 14.9 Å². The maximum Gasteiger partial charge on any atom is 0.0949 e. The average molecular weight is 249 g/mol. The van der Waals surface area contributed by atoms with Gasteiger partial charge in [-0.2, -0.15) is 0 Å². The molecule has 1 saturated heterocycles. The van der Waals surface area contributed by atoms with E-state index in [1.54, 1.807) is 0 Å². The Labute approximate surface area is 109 Å². The maximum atomic E-state index is 5.93. The second-order valence-electron chi connectivity index (χ2n) is 5.48. The van der Waals surface area contributed by atoms with Crippen LogP contribution in [-0.2, 0) is 11.3 Å². The highest BCUT2D eigenvalue weighted by Crippen LogP contribution is 2.23. The van der Waals surface area contributed by atoms with Crippen LogP contribution in [0.1, 0.15) is 43.7 Å². The summed E-state index contributed by atoms with van der Waals surface area (Å²) in [6, 6.07) is 0. The third kappa shape index (κ3) is 2.75. The van der Waals surface area contributed by atoms with Gasteiger partial charge >= 0.3 is 0 Å². The van der Waals surface area contributed by atoms with Crippen LogP contribution >= 0.6 is 0 Å². The molecule has 1 saturated carbocycles. The molecular formula is C14H23N3O. The SMILES string of the molecule is c1ncn(CCOC2CCCC2)c1C1CCNC1. The van der Waals surface area contributed by atoms with Crippen LogP contribution in [0.2, 0.25) is 0 Å². The third-order valence-corrected chi connectivity index (χ3v) is 4.21. The number of imidazole rings is 1. The molecule has 18 heavy (non-hydrogen) atoms. The zero-order chi connectivity index (χ0) is 12.2. The summed E-state index contributed by atoms with van der Waals surface area (Å²) in [7, 11) is 0. The number of hydrogen-bond donors (Lipinski definition) is 1. The molecule has 0 aromatic carbocycles. The molecule has 3 rings (SSSR count). The number of aromatic nitrogens is 2. The summed E-state index contributed by atoms with van der Waals surface area (Å²) in [5, 5.41) is 3.42. The van der Waals surface area contributed by atoms with E-state index in [0.717, 1.165) is 26.2 Å². The largest absolute Gasteiger partial charge is 0.376 e. The molecule has 4 nitrogen and oxygen atoms in total. The molecule has 2 aliphatic rings. The van der Waals surface area contributed by atoms with Gasteiger partial charge in [0.15, 0.2) is 0 Å². The Bertz CT molecular complexity index is 365. The van der Waals surface area contributed by atoms with E-state index in [4.69, 9.17) is 4.74 Å². The summed E-state index contributed by atoms with van der Waals surface area (Å²) < 4.78 is 8.20. The maximum absolute atomic E-state index is 5.93. The number of ether oxygens (including phenoxy) is 1. The van der Waals surface area contributed by atoms with Gasteiger partial charge in [0, 0.05) is 30.9 Å². The van der Waals surface area contributed by atoms with Crippen molar-refractivity contribution in [3.8, 4) is 0 Å². The Morgan fingerprint density at radius 1 is 1.33 bits per heavy atom. The molecular weight excluding hydrogens is 226 g/mol. The van der Waals surface area contributed by atoms with Crippen LogP contribution in [-0.4, -0.2) is 35.4 Å². The third-order valence-electron chi connectivity index (χ3n) is 4.21. The normalized spacial score (nSPS) is 25.0. The minimum Gasteiger partial charge on any atom is -0.376 e. The predicted octanol–water partition coefficient (Wildman–Crippen LogP) is 1.92. The van der Waals surface area contributed by atoms with Gasteiger partial charge in [0.1, 0.15) is 0 Å². The Morgan fingerprint density at radius 2 is 2.22 bits per heavy atom. The van der Waals surface area contributed by atoms with E-state index in [-0.39, 0.29) is 0 Å². The minimum atomic E-state index is 0.519. The van der Waals surface area contributed by atoms with Gasteiger partial charge in [0.2, 0.25) is 0 Å². The molecule has 2 heterocycles. The van der Waals surface area contributed by atoms with Gasteiger partial charge in [0.25, 0.3) is 0 Å². The van der Waals surface area contributed by atoms with Crippen molar-refractivity contribution in [2.24, 2.45) is 0 Å². The lowest BCUT2D eigenvalue weighted by atomic mass is 10.1. The van der Waals surface area contributed by atoms with Gasteiger partial charge in [-0.25, -0.2) is 4.98 Å². The Balaban J connectivity index is 1.51. The van der Waals surface area contributed by atoms with Crippen LogP contribution in [0.15, 0.2) is 12.5 Å². The second kappa shape index (κ2) is 5.85. The van der Waals surface area contributed by atoms with E-state index in [0.29, 0.717) is 12.0 Å². The first-order valence-corrected chi connectivity index (χ1v) is 7.26. The number of nitrogens with one attached hydrogen (secondary N) is 1. The summed E-state index contributed by atoms with van der Waals surface area (Å²) in [6.07, 6.45) is 10.9. The van der Waals surface area contributed by atoms with E-state index in [1.807, 2.05) is 12.5 Å². The van der Waals surface area contributed by atoms with Crippen molar-refractivity contribution in [2.75, 3.05) is 19.7 Å². The molecule has 1 aromatic heterocycles. The smallest absolute Gasteiger partial charge is 0.0949 e. The molecule has 1 aliphatic heterocycles. The fraction of sp³-hybridized carbons (Fsp3) is 0.786. The summed E-state index contributed by atoms with van der Waals surface area (Å²) in [6.45, 7) is 4.00. The van der Waals surface area contributed by atoms with E-state index >= 15 is 0 Å². The van der Waals surface area contributed by atoms with E-state index in [9.17, 15) is 0 Å². The fourth-order valence-electron chi connectivity index (χ4n) is 3.14. The van der Waals surface area contributed by atoms with Gasteiger partial charge in [-0.1, -0.05) is 12.8 Å². The topological polar surface area (TPSA) is 39.1 Å². The lowest BCUT2D eigenvalue weighted by molar-refractivity contribution is 0.0525. The summed E-state index contributed by atoms with van der Waals surface area (Å²) >= 11 is 0. The molecule has 2 fully saturated rings.